The fourth-order valence-corrected chi connectivity index (χ4v) is 2.88. The van der Waals surface area contributed by atoms with Gasteiger partial charge in [-0.15, -0.1) is 0 Å². The van der Waals surface area contributed by atoms with E-state index in [0.717, 1.165) is 25.2 Å². The third-order valence-corrected chi connectivity index (χ3v) is 4.23. The second-order valence-electron chi connectivity index (χ2n) is 5.27. The Morgan fingerprint density at radius 1 is 0.875 bits per heavy atom. The van der Waals surface area contributed by atoms with Gasteiger partial charge in [0.15, 0.2) is 0 Å². The molecular weight excluding hydrogens is 196 g/mol. The number of ketones is 1. The summed E-state index contributed by atoms with van der Waals surface area (Å²) in [4.78, 5) is 11.3. The molecule has 0 bridgehead atoms. The van der Waals surface area contributed by atoms with Crippen LogP contribution in [0.5, 0.6) is 0 Å². The number of rotatable bonds is 2. The minimum Gasteiger partial charge on any atom is -0.300 e. The van der Waals surface area contributed by atoms with Crippen LogP contribution in [0.1, 0.15) is 61.5 Å². The number of benzene rings is 1. The van der Waals surface area contributed by atoms with Gasteiger partial charge in [-0.05, 0) is 42.2 Å². The molecule has 16 heavy (non-hydrogen) atoms. The van der Waals surface area contributed by atoms with Gasteiger partial charge in [-0.3, -0.25) is 4.79 Å². The van der Waals surface area contributed by atoms with Gasteiger partial charge in [0.05, 0.1) is 0 Å². The maximum Gasteiger partial charge on any atom is 0.133 e. The van der Waals surface area contributed by atoms with E-state index in [1.807, 2.05) is 0 Å². The first-order valence-electron chi connectivity index (χ1n) is 6.44. The summed E-state index contributed by atoms with van der Waals surface area (Å²) in [6, 6.07) is 9.05. The Morgan fingerprint density at radius 3 is 1.94 bits per heavy atom. The van der Waals surface area contributed by atoms with Crippen LogP contribution < -0.4 is 0 Å². The van der Waals surface area contributed by atoms with Crippen LogP contribution >= 0.6 is 0 Å². The summed E-state index contributed by atoms with van der Waals surface area (Å²) in [6.45, 7) is 0. The van der Waals surface area contributed by atoms with Crippen molar-refractivity contribution in [1.29, 1.82) is 0 Å². The molecule has 2 aliphatic rings. The Labute approximate surface area is 96.9 Å². The largest absolute Gasteiger partial charge is 0.300 e. The second-order valence-corrected chi connectivity index (χ2v) is 5.27. The highest BCUT2D eigenvalue weighted by molar-refractivity contribution is 5.81. The first-order chi connectivity index (χ1) is 7.83. The summed E-state index contributed by atoms with van der Waals surface area (Å²) >= 11 is 0. The molecule has 0 aliphatic heterocycles. The molecule has 0 spiro atoms. The van der Waals surface area contributed by atoms with Gasteiger partial charge in [-0.2, -0.15) is 0 Å². The summed E-state index contributed by atoms with van der Waals surface area (Å²) in [5.74, 6) is 1.76. The summed E-state index contributed by atoms with van der Waals surface area (Å²) in [6.07, 6.45) is 6.73. The third-order valence-electron chi connectivity index (χ3n) is 4.23. The van der Waals surface area contributed by atoms with Gasteiger partial charge in [0.2, 0.25) is 0 Å². The van der Waals surface area contributed by atoms with Gasteiger partial charge in [0.25, 0.3) is 0 Å². The lowest BCUT2D eigenvalue weighted by Gasteiger charge is -2.26. The maximum atomic E-state index is 11.3. The Balaban J connectivity index is 1.74. The molecule has 3 rings (SSSR count). The number of Topliss-reactive ketones (excluding diaryl/α,β-unsaturated/α-hetero) is 1. The van der Waals surface area contributed by atoms with Crippen LogP contribution in [0, 0.1) is 0 Å². The molecule has 1 aromatic carbocycles. The topological polar surface area (TPSA) is 17.1 Å². The first-order valence-corrected chi connectivity index (χ1v) is 6.44. The fourth-order valence-electron chi connectivity index (χ4n) is 2.88. The molecule has 84 valence electrons. The average molecular weight is 214 g/mol. The van der Waals surface area contributed by atoms with Crippen molar-refractivity contribution in [3.8, 4) is 0 Å². The van der Waals surface area contributed by atoms with Crippen LogP contribution in [0.4, 0.5) is 0 Å². The highest BCUT2D eigenvalue weighted by atomic mass is 16.1. The van der Waals surface area contributed by atoms with Crippen LogP contribution in [0.25, 0.3) is 0 Å². The van der Waals surface area contributed by atoms with Gasteiger partial charge in [-0.1, -0.05) is 30.7 Å². The Kier molecular flexibility index (Phi) is 2.55. The first kappa shape index (κ1) is 10.1. The van der Waals surface area contributed by atoms with Gasteiger partial charge in [-0.25, -0.2) is 0 Å². The average Bonchev–Trinajstić information content (AvgIpc) is 2.63. The van der Waals surface area contributed by atoms with E-state index in [-0.39, 0.29) is 0 Å². The zero-order valence-electron chi connectivity index (χ0n) is 9.61. The minimum atomic E-state index is 0.438. The highest BCUT2D eigenvalue weighted by Gasteiger charge is 2.24. The molecule has 0 radical (unpaired) electrons. The van der Waals surface area contributed by atoms with Crippen LogP contribution in [0.2, 0.25) is 0 Å². The van der Waals surface area contributed by atoms with Crippen molar-refractivity contribution < 1.29 is 4.79 Å². The van der Waals surface area contributed by atoms with E-state index in [1.165, 1.54) is 30.4 Å². The van der Waals surface area contributed by atoms with Crippen molar-refractivity contribution in [3.63, 3.8) is 0 Å². The second kappa shape index (κ2) is 4.04. The Morgan fingerprint density at radius 2 is 1.50 bits per heavy atom. The van der Waals surface area contributed by atoms with E-state index in [2.05, 4.69) is 24.3 Å². The Hall–Kier alpha value is -1.11. The molecule has 0 saturated heterocycles. The van der Waals surface area contributed by atoms with Crippen LogP contribution in [-0.2, 0) is 4.79 Å². The van der Waals surface area contributed by atoms with Gasteiger partial charge >= 0.3 is 0 Å². The van der Waals surface area contributed by atoms with Crippen molar-refractivity contribution in [2.75, 3.05) is 0 Å². The van der Waals surface area contributed by atoms with E-state index < -0.39 is 0 Å². The van der Waals surface area contributed by atoms with Crippen molar-refractivity contribution in [2.24, 2.45) is 0 Å². The lowest BCUT2D eigenvalue weighted by Crippen LogP contribution is -2.08. The SMILES string of the molecule is O=C1CCC(c2ccc(C3CCC3)cc2)C1. The molecule has 2 aliphatic carbocycles. The van der Waals surface area contributed by atoms with E-state index in [0.29, 0.717) is 11.7 Å². The number of hydrogen-bond donors (Lipinski definition) is 0. The highest BCUT2D eigenvalue weighted by Crippen LogP contribution is 2.38. The monoisotopic (exact) mass is 214 g/mol. The Bertz CT molecular complexity index is 386. The predicted molar refractivity (Wildman–Crippen MR) is 64.6 cm³/mol. The molecule has 0 aromatic heterocycles. The van der Waals surface area contributed by atoms with Gasteiger partial charge in [0.1, 0.15) is 5.78 Å². The van der Waals surface area contributed by atoms with E-state index >= 15 is 0 Å². The van der Waals surface area contributed by atoms with Crippen LogP contribution in [-0.4, -0.2) is 5.78 Å². The number of hydrogen-bond acceptors (Lipinski definition) is 1. The van der Waals surface area contributed by atoms with Crippen LogP contribution in [0.3, 0.4) is 0 Å². The van der Waals surface area contributed by atoms with Gasteiger partial charge in [0, 0.05) is 12.8 Å². The molecular formula is C15H18O. The third kappa shape index (κ3) is 1.79. The van der Waals surface area contributed by atoms with E-state index in [1.54, 1.807) is 0 Å². The molecule has 1 unspecified atom stereocenters. The maximum absolute atomic E-state index is 11.3. The molecule has 0 heterocycles. The van der Waals surface area contributed by atoms with E-state index in [4.69, 9.17) is 0 Å². The summed E-state index contributed by atoms with van der Waals surface area (Å²) in [5, 5.41) is 0. The lowest BCUT2D eigenvalue weighted by molar-refractivity contribution is -0.117. The zero-order valence-corrected chi connectivity index (χ0v) is 9.61. The summed E-state index contributed by atoms with van der Waals surface area (Å²) < 4.78 is 0. The quantitative estimate of drug-likeness (QED) is 0.732. The fraction of sp³-hybridized carbons (Fsp3) is 0.533. The van der Waals surface area contributed by atoms with Crippen LogP contribution in [0.15, 0.2) is 24.3 Å². The molecule has 1 heteroatoms. The van der Waals surface area contributed by atoms with Gasteiger partial charge < -0.3 is 0 Å². The predicted octanol–water partition coefficient (Wildman–Crippen LogP) is 3.79. The molecule has 1 nitrogen and oxygen atoms in total. The molecule has 1 aromatic rings. The minimum absolute atomic E-state index is 0.438. The lowest BCUT2D eigenvalue weighted by atomic mass is 9.79. The van der Waals surface area contributed by atoms with E-state index in [9.17, 15) is 4.79 Å². The molecule has 2 saturated carbocycles. The van der Waals surface area contributed by atoms with Crippen molar-refractivity contribution in [1.82, 2.24) is 0 Å². The normalized spacial score (nSPS) is 25.8. The molecule has 2 fully saturated rings. The summed E-state index contributed by atoms with van der Waals surface area (Å²) in [7, 11) is 0. The molecule has 0 amide bonds. The van der Waals surface area contributed by atoms with Crippen molar-refractivity contribution >= 4 is 5.78 Å². The van der Waals surface area contributed by atoms with Crippen molar-refractivity contribution in [3.05, 3.63) is 35.4 Å². The number of carbonyl (C=O) groups excluding carboxylic acids is 1. The molecule has 1 atom stereocenters. The number of carbonyl (C=O) groups is 1. The summed E-state index contributed by atoms with van der Waals surface area (Å²) in [5.41, 5.74) is 2.87. The standard InChI is InChI=1S/C15H18O/c16-15-9-8-14(10-15)13-6-4-12(5-7-13)11-2-1-3-11/h4-7,11,14H,1-3,8-10H2. The van der Waals surface area contributed by atoms with Crippen molar-refractivity contribution in [2.45, 2.75) is 50.4 Å². The molecule has 0 N–H and O–H groups in total. The zero-order chi connectivity index (χ0) is 11.0. The smallest absolute Gasteiger partial charge is 0.133 e.